The maximum Gasteiger partial charge on any atom is 0.326 e. The van der Waals surface area contributed by atoms with Crippen molar-refractivity contribution in [2.45, 2.75) is 32.6 Å². The first-order valence-corrected chi connectivity index (χ1v) is 6.90. The Bertz CT molecular complexity index is 377. The number of ether oxygens (including phenoxy) is 1. The normalized spacial score (nSPS) is 25.5. The molecule has 2 heterocycles. The Morgan fingerprint density at radius 2 is 1.89 bits per heavy atom. The molecule has 106 valence electrons. The summed E-state index contributed by atoms with van der Waals surface area (Å²) < 4.78 is 4.83. The fourth-order valence-electron chi connectivity index (χ4n) is 2.61. The van der Waals surface area contributed by atoms with Crippen LogP contribution in [-0.2, 0) is 19.1 Å². The topological polar surface area (TPSA) is 66.9 Å². The summed E-state index contributed by atoms with van der Waals surface area (Å²) >= 11 is 0. The summed E-state index contributed by atoms with van der Waals surface area (Å²) in [5, 5.41) is 3.53. The molecule has 0 saturated carbocycles. The van der Waals surface area contributed by atoms with Crippen LogP contribution in [0.4, 0.5) is 0 Å². The number of hydrogen-bond donors (Lipinski definition) is 0. The van der Waals surface area contributed by atoms with Crippen molar-refractivity contribution in [1.82, 2.24) is 10.0 Å². The van der Waals surface area contributed by atoms with E-state index >= 15 is 0 Å². The third kappa shape index (κ3) is 2.94. The molecule has 0 aromatic rings. The van der Waals surface area contributed by atoms with Crippen molar-refractivity contribution in [2.75, 3.05) is 26.2 Å². The lowest BCUT2D eigenvalue weighted by atomic mass is 9.96. The molecule has 0 aliphatic carbocycles. The molecule has 2 rings (SSSR count). The van der Waals surface area contributed by atoms with Crippen LogP contribution in [0.5, 0.6) is 0 Å². The molecule has 1 amide bonds. The van der Waals surface area contributed by atoms with E-state index in [1.807, 2.05) is 5.01 Å². The van der Waals surface area contributed by atoms with Gasteiger partial charge in [-0.2, -0.15) is 0 Å². The SMILES string of the molecule is CCOC(=O)[C@@H]1C(=O)CCN(N2CCCCC2)C1=O. The van der Waals surface area contributed by atoms with Crippen molar-refractivity contribution >= 4 is 17.7 Å². The van der Waals surface area contributed by atoms with E-state index in [1.165, 1.54) is 6.42 Å². The third-order valence-corrected chi connectivity index (χ3v) is 3.59. The van der Waals surface area contributed by atoms with Gasteiger partial charge in [-0.1, -0.05) is 6.42 Å². The summed E-state index contributed by atoms with van der Waals surface area (Å²) in [4.78, 5) is 35.8. The molecule has 0 spiro atoms. The highest BCUT2D eigenvalue weighted by atomic mass is 16.5. The number of esters is 1. The molecule has 2 aliphatic rings. The molecule has 0 bridgehead atoms. The summed E-state index contributed by atoms with van der Waals surface area (Å²) in [5.74, 6) is -2.71. The number of carbonyl (C=O) groups excluding carboxylic acids is 3. The van der Waals surface area contributed by atoms with Crippen LogP contribution >= 0.6 is 0 Å². The molecule has 0 N–H and O–H groups in total. The predicted molar refractivity (Wildman–Crippen MR) is 66.9 cm³/mol. The smallest absolute Gasteiger partial charge is 0.326 e. The number of piperidine rings is 2. The van der Waals surface area contributed by atoms with Crippen LogP contribution in [0.15, 0.2) is 0 Å². The Balaban J connectivity index is 2.08. The second kappa shape index (κ2) is 6.14. The number of amides is 1. The van der Waals surface area contributed by atoms with Gasteiger partial charge in [0.2, 0.25) is 0 Å². The van der Waals surface area contributed by atoms with Gasteiger partial charge >= 0.3 is 5.97 Å². The van der Waals surface area contributed by atoms with E-state index in [9.17, 15) is 14.4 Å². The first kappa shape index (κ1) is 14.0. The van der Waals surface area contributed by atoms with Crippen LogP contribution in [0.1, 0.15) is 32.6 Å². The summed E-state index contributed by atoms with van der Waals surface area (Å²) in [5.41, 5.74) is 0. The maximum absolute atomic E-state index is 12.3. The zero-order chi connectivity index (χ0) is 13.8. The van der Waals surface area contributed by atoms with Crippen LogP contribution in [0.25, 0.3) is 0 Å². The number of hydrogen-bond acceptors (Lipinski definition) is 5. The molecule has 2 saturated heterocycles. The van der Waals surface area contributed by atoms with Gasteiger partial charge in [0, 0.05) is 26.1 Å². The highest BCUT2D eigenvalue weighted by molar-refractivity contribution is 6.17. The van der Waals surface area contributed by atoms with Gasteiger partial charge in [-0.3, -0.25) is 19.4 Å². The molecule has 2 aliphatic heterocycles. The number of carbonyl (C=O) groups is 3. The van der Waals surface area contributed by atoms with Crippen molar-refractivity contribution in [3.8, 4) is 0 Å². The molecule has 0 radical (unpaired) electrons. The number of nitrogens with zero attached hydrogens (tertiary/aromatic N) is 2. The van der Waals surface area contributed by atoms with E-state index in [-0.39, 0.29) is 18.8 Å². The van der Waals surface area contributed by atoms with E-state index in [0.717, 1.165) is 25.9 Å². The highest BCUT2D eigenvalue weighted by Crippen LogP contribution is 2.21. The van der Waals surface area contributed by atoms with Gasteiger partial charge in [0.1, 0.15) is 0 Å². The molecule has 0 aromatic carbocycles. The van der Waals surface area contributed by atoms with Gasteiger partial charge in [-0.15, -0.1) is 0 Å². The summed E-state index contributed by atoms with van der Waals surface area (Å²) in [6.07, 6.45) is 3.48. The fourth-order valence-corrected chi connectivity index (χ4v) is 2.61. The van der Waals surface area contributed by atoms with Crippen molar-refractivity contribution in [1.29, 1.82) is 0 Å². The minimum absolute atomic E-state index is 0.180. The minimum Gasteiger partial charge on any atom is -0.465 e. The molecular weight excluding hydrogens is 248 g/mol. The van der Waals surface area contributed by atoms with Gasteiger partial charge in [0.05, 0.1) is 6.61 Å². The number of rotatable bonds is 3. The van der Waals surface area contributed by atoms with E-state index in [2.05, 4.69) is 0 Å². The second-order valence-corrected chi connectivity index (χ2v) is 4.88. The predicted octanol–water partition coefficient (Wildman–Crippen LogP) is 0.368. The Labute approximate surface area is 112 Å². The Morgan fingerprint density at radius 3 is 2.53 bits per heavy atom. The van der Waals surface area contributed by atoms with Gasteiger partial charge in [0.15, 0.2) is 11.7 Å². The largest absolute Gasteiger partial charge is 0.465 e. The number of ketones is 1. The molecule has 6 nitrogen and oxygen atoms in total. The molecule has 6 heteroatoms. The molecule has 19 heavy (non-hydrogen) atoms. The summed E-state index contributed by atoms with van der Waals surface area (Å²) in [7, 11) is 0. The molecule has 0 unspecified atom stereocenters. The zero-order valence-corrected chi connectivity index (χ0v) is 11.3. The number of Topliss-reactive ketones (excluding diaryl/α,β-unsaturated/α-hetero) is 1. The Morgan fingerprint density at radius 1 is 1.21 bits per heavy atom. The molecule has 1 atom stereocenters. The summed E-state index contributed by atoms with van der Waals surface area (Å²) in [6.45, 7) is 3.86. The van der Waals surface area contributed by atoms with Crippen molar-refractivity contribution in [3.63, 3.8) is 0 Å². The fraction of sp³-hybridized carbons (Fsp3) is 0.769. The van der Waals surface area contributed by atoms with E-state index in [1.54, 1.807) is 11.9 Å². The van der Waals surface area contributed by atoms with Gasteiger partial charge in [-0.05, 0) is 19.8 Å². The monoisotopic (exact) mass is 268 g/mol. The van der Waals surface area contributed by atoms with Crippen LogP contribution in [0, 0.1) is 5.92 Å². The van der Waals surface area contributed by atoms with E-state index in [0.29, 0.717) is 6.54 Å². The van der Waals surface area contributed by atoms with E-state index < -0.39 is 17.8 Å². The average molecular weight is 268 g/mol. The molecule has 2 fully saturated rings. The lowest BCUT2D eigenvalue weighted by molar-refractivity contribution is -0.172. The van der Waals surface area contributed by atoms with Crippen molar-refractivity contribution in [3.05, 3.63) is 0 Å². The van der Waals surface area contributed by atoms with Crippen LogP contribution in [0.3, 0.4) is 0 Å². The van der Waals surface area contributed by atoms with Gasteiger partial charge < -0.3 is 4.74 Å². The van der Waals surface area contributed by atoms with Crippen molar-refractivity contribution in [2.24, 2.45) is 5.92 Å². The lowest BCUT2D eigenvalue weighted by Gasteiger charge is -2.40. The van der Waals surface area contributed by atoms with Crippen molar-refractivity contribution < 1.29 is 19.1 Å². The average Bonchev–Trinajstić information content (AvgIpc) is 2.40. The van der Waals surface area contributed by atoms with E-state index in [4.69, 9.17) is 4.74 Å². The van der Waals surface area contributed by atoms with Crippen LogP contribution in [0.2, 0.25) is 0 Å². The van der Waals surface area contributed by atoms with Gasteiger partial charge in [-0.25, -0.2) is 5.01 Å². The maximum atomic E-state index is 12.3. The third-order valence-electron chi connectivity index (χ3n) is 3.59. The first-order chi connectivity index (χ1) is 9.15. The lowest BCUT2D eigenvalue weighted by Crippen LogP contribution is -2.57. The van der Waals surface area contributed by atoms with Crippen LogP contribution < -0.4 is 0 Å². The van der Waals surface area contributed by atoms with Gasteiger partial charge in [0.25, 0.3) is 5.91 Å². The molecular formula is C13H20N2O4. The Kier molecular flexibility index (Phi) is 4.52. The van der Waals surface area contributed by atoms with Crippen LogP contribution in [-0.4, -0.2) is 53.9 Å². The summed E-state index contributed by atoms with van der Waals surface area (Å²) in [6, 6.07) is 0. The minimum atomic E-state index is -1.25. The zero-order valence-electron chi connectivity index (χ0n) is 11.3. The number of hydrazine groups is 1. The standard InChI is InChI=1S/C13H20N2O4/c1-2-19-13(18)11-10(16)6-9-15(12(11)17)14-7-4-3-5-8-14/h11H,2-9H2,1H3/t11-/m1/s1. The first-order valence-electron chi connectivity index (χ1n) is 6.90. The Hall–Kier alpha value is -1.43. The molecule has 0 aromatic heterocycles. The quantitative estimate of drug-likeness (QED) is 0.546. The highest BCUT2D eigenvalue weighted by Gasteiger charge is 2.43. The second-order valence-electron chi connectivity index (χ2n) is 4.88.